The number of anilines is 1. The van der Waals surface area contributed by atoms with Gasteiger partial charge >= 0.3 is 0 Å². The van der Waals surface area contributed by atoms with Gasteiger partial charge < -0.3 is 25.3 Å². The molecule has 7 nitrogen and oxygen atoms in total. The summed E-state index contributed by atoms with van der Waals surface area (Å²) in [6.45, 7) is 10.7. The largest absolute Gasteiger partial charge is 0.351 e. The van der Waals surface area contributed by atoms with Gasteiger partial charge in [0.15, 0.2) is 0 Å². The average Bonchev–Trinajstić information content (AvgIpc) is 2.76. The normalized spacial score (nSPS) is 15.5. The molecule has 1 aliphatic rings. The Kier molecular flexibility index (Phi) is 10.3. The Morgan fingerprint density at radius 2 is 1.70 bits per heavy atom. The number of piperidine rings is 1. The molecule has 0 unspecified atom stereocenters. The molecule has 0 bridgehead atoms. The number of likely N-dealkylation sites (tertiary alicyclic amines) is 1. The molecule has 0 radical (unpaired) electrons. The van der Waals surface area contributed by atoms with Crippen LogP contribution in [0.3, 0.4) is 0 Å². The molecule has 1 aromatic rings. The van der Waals surface area contributed by atoms with E-state index in [-0.39, 0.29) is 11.8 Å². The lowest BCUT2D eigenvalue weighted by molar-refractivity contribution is -0.116. The van der Waals surface area contributed by atoms with Crippen molar-refractivity contribution in [2.24, 2.45) is 0 Å². The molecule has 1 fully saturated rings. The van der Waals surface area contributed by atoms with Crippen molar-refractivity contribution in [3.8, 4) is 0 Å². The van der Waals surface area contributed by atoms with Crippen molar-refractivity contribution in [1.82, 2.24) is 20.0 Å². The Morgan fingerprint density at radius 1 is 1.07 bits per heavy atom. The summed E-state index contributed by atoms with van der Waals surface area (Å²) in [4.78, 5) is 31.5. The van der Waals surface area contributed by atoms with Gasteiger partial charge in [0.25, 0.3) is 5.91 Å². The van der Waals surface area contributed by atoms with E-state index in [0.717, 1.165) is 57.8 Å². The maximum Gasteiger partial charge on any atom is 0.251 e. The van der Waals surface area contributed by atoms with E-state index in [1.165, 1.54) is 0 Å². The summed E-state index contributed by atoms with van der Waals surface area (Å²) >= 11 is 0. The number of nitrogens with one attached hydrogen (secondary N) is 2. The maximum atomic E-state index is 12.3. The third-order valence-electron chi connectivity index (χ3n) is 6.04. The van der Waals surface area contributed by atoms with Crippen LogP contribution in [0.2, 0.25) is 0 Å². The number of rotatable bonds is 11. The van der Waals surface area contributed by atoms with Gasteiger partial charge in [-0.05, 0) is 77.4 Å². The topological polar surface area (TPSA) is 67.9 Å². The maximum absolute atomic E-state index is 12.3. The van der Waals surface area contributed by atoms with Gasteiger partial charge in [-0.15, -0.1) is 0 Å². The first-order chi connectivity index (χ1) is 14.4. The van der Waals surface area contributed by atoms with Gasteiger partial charge in [-0.2, -0.15) is 0 Å². The Hall–Kier alpha value is -1.96. The second-order valence-electron chi connectivity index (χ2n) is 8.17. The molecule has 0 aliphatic carbocycles. The quantitative estimate of drug-likeness (QED) is 0.577. The Labute approximate surface area is 181 Å². The first kappa shape index (κ1) is 24.3. The fraction of sp³-hybridized carbons (Fsp3) is 0.652. The summed E-state index contributed by atoms with van der Waals surface area (Å²) in [6.07, 6.45) is 2.79. The zero-order chi connectivity index (χ0) is 21.9. The van der Waals surface area contributed by atoms with Crippen molar-refractivity contribution in [2.45, 2.75) is 39.2 Å². The molecule has 7 heteroatoms. The van der Waals surface area contributed by atoms with Crippen molar-refractivity contribution >= 4 is 17.5 Å². The first-order valence-corrected chi connectivity index (χ1v) is 11.2. The molecule has 0 saturated carbocycles. The predicted octanol–water partition coefficient (Wildman–Crippen LogP) is 2.11. The second-order valence-corrected chi connectivity index (χ2v) is 8.17. The Bertz CT molecular complexity index is 652. The SMILES string of the molecule is CCN(CC)CCNC(=O)c1ccc(NC(=O)CCN(C)C2CCN(C)CC2)cc1. The molecule has 0 atom stereocenters. The number of carbonyl (C=O) groups is 2. The van der Waals surface area contributed by atoms with E-state index in [4.69, 9.17) is 0 Å². The summed E-state index contributed by atoms with van der Waals surface area (Å²) in [5.74, 6) is -0.0778. The molecule has 30 heavy (non-hydrogen) atoms. The molecule has 0 aromatic heterocycles. The fourth-order valence-corrected chi connectivity index (χ4v) is 3.79. The Morgan fingerprint density at radius 3 is 2.30 bits per heavy atom. The Balaban J connectivity index is 1.71. The zero-order valence-electron chi connectivity index (χ0n) is 19.1. The van der Waals surface area contributed by atoms with Crippen molar-refractivity contribution in [3.63, 3.8) is 0 Å². The summed E-state index contributed by atoms with van der Waals surface area (Å²) in [5, 5.41) is 5.88. The van der Waals surface area contributed by atoms with Crippen LogP contribution in [0.25, 0.3) is 0 Å². The van der Waals surface area contributed by atoms with Gasteiger partial charge in [0.1, 0.15) is 0 Å². The van der Waals surface area contributed by atoms with Gasteiger partial charge in [-0.25, -0.2) is 0 Å². The molecule has 1 aliphatic heterocycles. The molecule has 2 N–H and O–H groups in total. The summed E-state index contributed by atoms with van der Waals surface area (Å²) in [7, 11) is 4.27. The van der Waals surface area contributed by atoms with E-state index in [1.807, 2.05) is 0 Å². The molecule has 0 spiro atoms. The fourth-order valence-electron chi connectivity index (χ4n) is 3.79. The van der Waals surface area contributed by atoms with E-state index >= 15 is 0 Å². The van der Waals surface area contributed by atoms with Crippen LogP contribution in [0, 0.1) is 0 Å². The van der Waals surface area contributed by atoms with Crippen LogP contribution < -0.4 is 10.6 Å². The van der Waals surface area contributed by atoms with Crippen molar-refractivity contribution in [1.29, 1.82) is 0 Å². The van der Waals surface area contributed by atoms with E-state index in [1.54, 1.807) is 24.3 Å². The highest BCUT2D eigenvalue weighted by molar-refractivity contribution is 5.95. The third-order valence-corrected chi connectivity index (χ3v) is 6.04. The lowest BCUT2D eigenvalue weighted by atomic mass is 10.0. The van der Waals surface area contributed by atoms with Crippen molar-refractivity contribution in [2.75, 3.05) is 65.2 Å². The highest BCUT2D eigenvalue weighted by Crippen LogP contribution is 2.15. The van der Waals surface area contributed by atoms with E-state index in [9.17, 15) is 9.59 Å². The van der Waals surface area contributed by atoms with Gasteiger partial charge in [-0.1, -0.05) is 13.8 Å². The monoisotopic (exact) mass is 417 g/mol. The third kappa shape index (κ3) is 8.05. The predicted molar refractivity (Wildman–Crippen MR) is 123 cm³/mol. The highest BCUT2D eigenvalue weighted by Gasteiger charge is 2.20. The number of hydrogen-bond acceptors (Lipinski definition) is 5. The van der Waals surface area contributed by atoms with Gasteiger partial charge in [0, 0.05) is 43.3 Å². The minimum atomic E-state index is -0.0835. The van der Waals surface area contributed by atoms with E-state index < -0.39 is 0 Å². The van der Waals surface area contributed by atoms with Crippen LogP contribution >= 0.6 is 0 Å². The molecule has 2 amide bonds. The van der Waals surface area contributed by atoms with Crippen LogP contribution in [-0.4, -0.2) is 92.5 Å². The van der Waals surface area contributed by atoms with Gasteiger partial charge in [0.05, 0.1) is 0 Å². The van der Waals surface area contributed by atoms with Crippen LogP contribution in [0.4, 0.5) is 5.69 Å². The van der Waals surface area contributed by atoms with E-state index in [0.29, 0.717) is 24.6 Å². The van der Waals surface area contributed by atoms with Crippen molar-refractivity contribution in [3.05, 3.63) is 29.8 Å². The number of hydrogen-bond donors (Lipinski definition) is 2. The minimum absolute atomic E-state index is 0.00574. The molecule has 1 heterocycles. The summed E-state index contributed by atoms with van der Waals surface area (Å²) < 4.78 is 0. The lowest BCUT2D eigenvalue weighted by Gasteiger charge is -2.35. The minimum Gasteiger partial charge on any atom is -0.351 e. The van der Waals surface area contributed by atoms with Gasteiger partial charge in [0.2, 0.25) is 5.91 Å². The lowest BCUT2D eigenvalue weighted by Crippen LogP contribution is -2.42. The average molecular weight is 418 g/mol. The van der Waals surface area contributed by atoms with E-state index in [2.05, 4.69) is 53.3 Å². The smallest absolute Gasteiger partial charge is 0.251 e. The van der Waals surface area contributed by atoms with Crippen LogP contribution in [0.5, 0.6) is 0 Å². The summed E-state index contributed by atoms with van der Waals surface area (Å²) in [5.41, 5.74) is 1.33. The number of amides is 2. The molecule has 1 saturated heterocycles. The molecule has 1 aromatic carbocycles. The first-order valence-electron chi connectivity index (χ1n) is 11.2. The zero-order valence-corrected chi connectivity index (χ0v) is 19.1. The molecule has 2 rings (SSSR count). The number of carbonyl (C=O) groups excluding carboxylic acids is 2. The summed E-state index contributed by atoms with van der Waals surface area (Å²) in [6, 6.07) is 7.66. The highest BCUT2D eigenvalue weighted by atomic mass is 16.2. The molecular weight excluding hydrogens is 378 g/mol. The number of benzene rings is 1. The number of nitrogens with zero attached hydrogens (tertiary/aromatic N) is 3. The standard InChI is InChI=1S/C23H39N5O2/c1-5-28(6-2)18-14-24-23(30)19-7-9-20(10-8-19)25-22(29)13-17-27(4)21-11-15-26(3)16-12-21/h7-10,21H,5-6,11-18H2,1-4H3,(H,24,30)(H,25,29). The molecule has 168 valence electrons. The van der Waals surface area contributed by atoms with Gasteiger partial charge in [-0.3, -0.25) is 9.59 Å². The van der Waals surface area contributed by atoms with Crippen LogP contribution in [0.15, 0.2) is 24.3 Å². The van der Waals surface area contributed by atoms with Crippen LogP contribution in [0.1, 0.15) is 43.5 Å². The van der Waals surface area contributed by atoms with Crippen molar-refractivity contribution < 1.29 is 9.59 Å². The second kappa shape index (κ2) is 12.7. The molecular formula is C23H39N5O2. The van der Waals surface area contributed by atoms with Crippen LogP contribution in [-0.2, 0) is 4.79 Å². The number of likely N-dealkylation sites (N-methyl/N-ethyl adjacent to an activating group) is 1.